The molecule has 1 aromatic heterocycles. The summed E-state index contributed by atoms with van der Waals surface area (Å²) < 4.78 is 73.4. The zero-order valence-electron chi connectivity index (χ0n) is 32.2. The van der Waals surface area contributed by atoms with Crippen molar-refractivity contribution in [3.63, 3.8) is 0 Å². The van der Waals surface area contributed by atoms with E-state index in [1.165, 1.54) is 6.07 Å². The first-order valence-electron chi connectivity index (χ1n) is 18.6. The van der Waals surface area contributed by atoms with Gasteiger partial charge in [-0.05, 0) is 73.0 Å². The molecule has 0 amide bonds. The first kappa shape index (κ1) is 19.4. The van der Waals surface area contributed by atoms with Crippen LogP contribution in [-0.2, 0) is 0 Å². The molecule has 1 heterocycles. The normalized spacial score (nSPS) is 13.8. The van der Waals surface area contributed by atoms with Gasteiger partial charge in [0, 0.05) is 16.3 Å². The minimum Gasteiger partial charge on any atom is -0.456 e. The van der Waals surface area contributed by atoms with Crippen LogP contribution in [0.15, 0.2) is 163 Å². The monoisotopic (exact) mass is 582 g/mol. The van der Waals surface area contributed by atoms with E-state index in [9.17, 15) is 0 Å². The second-order valence-corrected chi connectivity index (χ2v) is 10.7. The van der Waals surface area contributed by atoms with Gasteiger partial charge in [-0.1, -0.05) is 159 Å². The molecule has 0 bridgehead atoms. The van der Waals surface area contributed by atoms with Gasteiger partial charge >= 0.3 is 0 Å². The second kappa shape index (κ2) is 11.0. The predicted molar refractivity (Wildman–Crippen MR) is 193 cm³/mol. The number of hydrogen-bond donors (Lipinski definition) is 0. The molecule has 1 heteroatoms. The summed E-state index contributed by atoms with van der Waals surface area (Å²) in [5.74, 6) is 0. The molecule has 0 atom stereocenters. The summed E-state index contributed by atoms with van der Waals surface area (Å²) in [5.41, 5.74) is 8.16. The van der Waals surface area contributed by atoms with E-state index in [1.807, 2.05) is 72.8 Å². The minimum absolute atomic E-state index is 0.0158. The summed E-state index contributed by atoms with van der Waals surface area (Å²) in [6, 6.07) is 28.3. The average molecular weight is 583 g/mol. The lowest BCUT2D eigenvalue weighted by Gasteiger charge is -2.22. The number of furan rings is 1. The van der Waals surface area contributed by atoms with Crippen LogP contribution in [0.25, 0.3) is 89.4 Å². The lowest BCUT2D eigenvalue weighted by molar-refractivity contribution is 0.669. The SMILES string of the molecule is [2H]c1cc([2H])c(-c2ccc3oc4ccccc4c3c2-c2c(C=C)c(C=C)c(-c3ccc(-c4c([2H])c([2H])c([2H])c([2H])c4[2H])cc3)c3ccccc23)cc1[2H]. The summed E-state index contributed by atoms with van der Waals surface area (Å²) in [7, 11) is 0. The molecule has 0 radical (unpaired) electrons. The quantitative estimate of drug-likeness (QED) is 0.190. The highest BCUT2D eigenvalue weighted by molar-refractivity contribution is 6.22. The van der Waals surface area contributed by atoms with Crippen LogP contribution >= 0.6 is 0 Å². The van der Waals surface area contributed by atoms with Crippen molar-refractivity contribution in [1.29, 1.82) is 0 Å². The summed E-state index contributed by atoms with van der Waals surface area (Å²) in [4.78, 5) is 0. The Bertz CT molecular complexity index is 2820. The molecule has 0 aliphatic rings. The number of benzene rings is 7. The molecule has 0 spiro atoms. The fourth-order valence-electron chi connectivity index (χ4n) is 6.45. The molecule has 0 saturated heterocycles. The van der Waals surface area contributed by atoms with E-state index in [0.29, 0.717) is 27.9 Å². The van der Waals surface area contributed by atoms with Gasteiger partial charge in [0.1, 0.15) is 11.2 Å². The van der Waals surface area contributed by atoms with Gasteiger partial charge in [0.2, 0.25) is 0 Å². The lowest BCUT2D eigenvalue weighted by atomic mass is 9.80. The highest BCUT2D eigenvalue weighted by Gasteiger charge is 2.24. The highest BCUT2D eigenvalue weighted by atomic mass is 16.3. The van der Waals surface area contributed by atoms with E-state index in [2.05, 4.69) is 13.2 Å². The molecule has 8 aromatic rings. The highest BCUT2D eigenvalue weighted by Crippen LogP contribution is 2.49. The van der Waals surface area contributed by atoms with Crippen LogP contribution in [0.3, 0.4) is 0 Å². The van der Waals surface area contributed by atoms with E-state index in [0.717, 1.165) is 54.9 Å². The molecule has 0 aliphatic heterocycles. The maximum atomic E-state index is 8.95. The molecule has 0 fully saturated rings. The van der Waals surface area contributed by atoms with Gasteiger partial charge in [-0.15, -0.1) is 0 Å². The standard InChI is InChI=1S/C44H30O/c1-3-33-34(4-2)42(37-20-12-11-19-36(37)41(33)32-25-23-30(24-26-32)29-15-7-5-8-16-29)44-35(31-17-9-6-10-18-31)27-28-40-43(44)38-21-13-14-22-39(38)45-40/h3-28H,1-2H2/i5D,6D,7D,8D,9D,15D,16D,18D. The van der Waals surface area contributed by atoms with Gasteiger partial charge < -0.3 is 4.42 Å². The van der Waals surface area contributed by atoms with E-state index in [4.69, 9.17) is 15.4 Å². The van der Waals surface area contributed by atoms with Crippen LogP contribution in [0, 0.1) is 0 Å². The Morgan fingerprint density at radius 1 is 0.467 bits per heavy atom. The van der Waals surface area contributed by atoms with Crippen LogP contribution in [-0.4, -0.2) is 0 Å². The predicted octanol–water partition coefficient (Wildman–Crippen LogP) is 12.7. The van der Waals surface area contributed by atoms with Crippen LogP contribution in [0.4, 0.5) is 0 Å². The zero-order valence-corrected chi connectivity index (χ0v) is 24.2. The Hall–Kier alpha value is -5.92. The molecule has 0 saturated carbocycles. The molecule has 0 N–H and O–H groups in total. The molecule has 0 aliphatic carbocycles. The molecule has 0 unspecified atom stereocenters. The Kier molecular flexibility index (Phi) is 4.72. The topological polar surface area (TPSA) is 13.1 Å². The summed E-state index contributed by atoms with van der Waals surface area (Å²) in [6.45, 7) is 8.53. The second-order valence-electron chi connectivity index (χ2n) is 10.7. The minimum atomic E-state index is -0.436. The third-order valence-electron chi connectivity index (χ3n) is 8.35. The van der Waals surface area contributed by atoms with Gasteiger partial charge in [0.15, 0.2) is 0 Å². The third-order valence-corrected chi connectivity index (χ3v) is 8.35. The van der Waals surface area contributed by atoms with Gasteiger partial charge in [0.05, 0.1) is 11.0 Å². The van der Waals surface area contributed by atoms with Crippen molar-refractivity contribution in [2.75, 3.05) is 0 Å². The maximum Gasteiger partial charge on any atom is 0.136 e. The smallest absolute Gasteiger partial charge is 0.136 e. The molecule has 1 nitrogen and oxygen atoms in total. The molecule has 45 heavy (non-hydrogen) atoms. The van der Waals surface area contributed by atoms with Crippen molar-refractivity contribution in [2.24, 2.45) is 0 Å². The fraction of sp³-hybridized carbons (Fsp3) is 0. The fourth-order valence-corrected chi connectivity index (χ4v) is 6.45. The van der Waals surface area contributed by atoms with Gasteiger partial charge in [0.25, 0.3) is 0 Å². The lowest BCUT2D eigenvalue weighted by Crippen LogP contribution is -1.98. The van der Waals surface area contributed by atoms with Crippen LogP contribution in [0.5, 0.6) is 0 Å². The molecule has 212 valence electrons. The summed E-state index contributed by atoms with van der Waals surface area (Å²) in [5, 5.41) is 3.54. The number of rotatable bonds is 6. The van der Waals surface area contributed by atoms with Crippen molar-refractivity contribution in [3.05, 3.63) is 170 Å². The van der Waals surface area contributed by atoms with Gasteiger partial charge in [-0.3, -0.25) is 0 Å². The van der Waals surface area contributed by atoms with E-state index >= 15 is 0 Å². The summed E-state index contributed by atoms with van der Waals surface area (Å²) >= 11 is 0. The molecular formula is C44H30O. The van der Waals surface area contributed by atoms with Crippen LogP contribution in [0.2, 0.25) is 0 Å². The molecular weight excluding hydrogens is 544 g/mol. The van der Waals surface area contributed by atoms with Crippen molar-refractivity contribution in [2.45, 2.75) is 0 Å². The third kappa shape index (κ3) is 4.32. The molecule has 7 aromatic carbocycles. The van der Waals surface area contributed by atoms with E-state index < -0.39 is 6.04 Å². The largest absolute Gasteiger partial charge is 0.456 e. The van der Waals surface area contributed by atoms with Crippen LogP contribution in [0.1, 0.15) is 22.1 Å². The average Bonchev–Trinajstić information content (AvgIpc) is 3.56. The first-order valence-corrected chi connectivity index (χ1v) is 14.6. The number of hydrogen-bond acceptors (Lipinski definition) is 1. The number of fused-ring (bicyclic) bond motifs is 4. The van der Waals surface area contributed by atoms with Crippen molar-refractivity contribution >= 4 is 44.9 Å². The van der Waals surface area contributed by atoms with Crippen LogP contribution < -0.4 is 0 Å². The Morgan fingerprint density at radius 2 is 1.13 bits per heavy atom. The van der Waals surface area contributed by atoms with Crippen molar-refractivity contribution < 1.29 is 15.4 Å². The van der Waals surface area contributed by atoms with Crippen molar-refractivity contribution in [1.82, 2.24) is 0 Å². The number of para-hydroxylation sites is 1. The maximum absolute atomic E-state index is 8.95. The van der Waals surface area contributed by atoms with Crippen molar-refractivity contribution in [3.8, 4) is 44.5 Å². The zero-order chi connectivity index (χ0) is 37.3. The molecule has 8 rings (SSSR count). The Morgan fingerprint density at radius 3 is 1.89 bits per heavy atom. The van der Waals surface area contributed by atoms with Gasteiger partial charge in [-0.2, -0.15) is 0 Å². The van der Waals surface area contributed by atoms with Gasteiger partial charge in [-0.25, -0.2) is 0 Å². The van der Waals surface area contributed by atoms with E-state index in [-0.39, 0.29) is 47.9 Å². The summed E-state index contributed by atoms with van der Waals surface area (Å²) in [6.07, 6.45) is 3.60. The van der Waals surface area contributed by atoms with E-state index in [1.54, 1.807) is 30.4 Å². The Labute approximate surface area is 274 Å². The first-order chi connectivity index (χ1) is 25.5. The Balaban J connectivity index is 1.47.